The number of methoxy groups -OCH3 is 1. The molecule has 0 radical (unpaired) electrons. The van der Waals surface area contributed by atoms with E-state index < -0.39 is 0 Å². The number of nitrogens with one attached hydrogen (secondary N) is 2. The van der Waals surface area contributed by atoms with E-state index in [1.165, 1.54) is 0 Å². The molecular formula is C14H21N3O3. The van der Waals surface area contributed by atoms with E-state index in [2.05, 4.69) is 10.6 Å². The number of para-hydroxylation sites is 1. The number of nitrogens with zero attached hydrogens (tertiary/aromatic N) is 1. The van der Waals surface area contributed by atoms with Crippen LogP contribution in [-0.4, -0.2) is 37.3 Å². The Kier molecular flexibility index (Phi) is 4.57. The van der Waals surface area contributed by atoms with E-state index >= 15 is 0 Å². The maximum Gasteiger partial charge on any atom is 0.295 e. The average molecular weight is 279 g/mol. The van der Waals surface area contributed by atoms with E-state index in [9.17, 15) is 10.1 Å². The van der Waals surface area contributed by atoms with Gasteiger partial charge in [0.2, 0.25) is 0 Å². The van der Waals surface area contributed by atoms with Crippen LogP contribution in [0.3, 0.4) is 0 Å². The Labute approximate surface area is 118 Å². The van der Waals surface area contributed by atoms with Crippen molar-refractivity contribution in [3.05, 3.63) is 33.9 Å². The lowest BCUT2D eigenvalue weighted by atomic mass is 9.98. The van der Waals surface area contributed by atoms with E-state index in [0.717, 1.165) is 19.4 Å². The molecule has 0 saturated carbocycles. The summed E-state index contributed by atoms with van der Waals surface area (Å²) in [7, 11) is 1.68. The van der Waals surface area contributed by atoms with Gasteiger partial charge < -0.3 is 15.4 Å². The van der Waals surface area contributed by atoms with Crippen molar-refractivity contribution < 1.29 is 9.66 Å². The van der Waals surface area contributed by atoms with Crippen molar-refractivity contribution >= 4 is 11.4 Å². The van der Waals surface area contributed by atoms with Crippen LogP contribution in [0.15, 0.2) is 18.2 Å². The van der Waals surface area contributed by atoms with Crippen molar-refractivity contribution in [2.24, 2.45) is 0 Å². The van der Waals surface area contributed by atoms with Gasteiger partial charge >= 0.3 is 0 Å². The van der Waals surface area contributed by atoms with E-state index in [0.29, 0.717) is 24.4 Å². The summed E-state index contributed by atoms with van der Waals surface area (Å²) in [6.45, 7) is 3.92. The highest BCUT2D eigenvalue weighted by atomic mass is 16.6. The van der Waals surface area contributed by atoms with E-state index in [1.54, 1.807) is 26.2 Å². The average Bonchev–Trinajstić information content (AvgIpc) is 2.85. The molecule has 2 N–H and O–H groups in total. The number of nitro benzene ring substituents is 1. The maximum absolute atomic E-state index is 11.2. The minimum absolute atomic E-state index is 0.133. The third kappa shape index (κ3) is 3.08. The largest absolute Gasteiger partial charge is 0.383 e. The Hall–Kier alpha value is -1.66. The fourth-order valence-electron chi connectivity index (χ4n) is 2.78. The topological polar surface area (TPSA) is 76.4 Å². The lowest BCUT2D eigenvalue weighted by Gasteiger charge is -2.29. The summed E-state index contributed by atoms with van der Waals surface area (Å²) >= 11 is 0. The van der Waals surface area contributed by atoms with Crippen LogP contribution in [-0.2, 0) is 4.74 Å². The highest BCUT2D eigenvalue weighted by Gasteiger charge is 2.33. The summed E-state index contributed by atoms with van der Waals surface area (Å²) in [5.41, 5.74) is 1.25. The lowest BCUT2D eigenvalue weighted by Crippen LogP contribution is -2.49. The Balaban J connectivity index is 2.14. The first-order chi connectivity index (χ1) is 9.58. The van der Waals surface area contributed by atoms with Crippen LogP contribution in [0.25, 0.3) is 0 Å². The number of rotatable bonds is 6. The van der Waals surface area contributed by atoms with Gasteiger partial charge in [0.25, 0.3) is 5.69 Å². The summed E-state index contributed by atoms with van der Waals surface area (Å²) in [6, 6.07) is 5.33. The van der Waals surface area contributed by atoms with Crippen molar-refractivity contribution in [1.82, 2.24) is 5.32 Å². The molecule has 0 amide bonds. The molecule has 110 valence electrons. The molecule has 1 heterocycles. The standard InChI is InChI=1S/C14H21N3O3/c1-11-5-3-6-12(13(11)17(18)19)15-9-14(10-20-2)7-4-8-16-14/h3,5-6,15-16H,4,7-10H2,1-2H3. The Bertz CT molecular complexity index is 485. The van der Waals surface area contributed by atoms with Gasteiger partial charge in [-0.3, -0.25) is 10.1 Å². The van der Waals surface area contributed by atoms with Crippen LogP contribution < -0.4 is 10.6 Å². The zero-order chi connectivity index (χ0) is 14.6. The third-order valence-corrected chi connectivity index (χ3v) is 3.79. The van der Waals surface area contributed by atoms with Gasteiger partial charge in [-0.25, -0.2) is 0 Å². The van der Waals surface area contributed by atoms with Gasteiger partial charge in [0.15, 0.2) is 0 Å². The van der Waals surface area contributed by atoms with Gasteiger partial charge in [-0.1, -0.05) is 12.1 Å². The number of aryl methyl sites for hydroxylation is 1. The van der Waals surface area contributed by atoms with Crippen molar-refractivity contribution in [3.63, 3.8) is 0 Å². The van der Waals surface area contributed by atoms with Gasteiger partial charge in [0.1, 0.15) is 5.69 Å². The van der Waals surface area contributed by atoms with Crippen molar-refractivity contribution in [3.8, 4) is 0 Å². The number of benzene rings is 1. The molecule has 1 aliphatic rings. The molecule has 2 rings (SSSR count). The number of anilines is 1. The summed E-state index contributed by atoms with van der Waals surface area (Å²) < 4.78 is 5.28. The molecular weight excluding hydrogens is 258 g/mol. The molecule has 1 aliphatic heterocycles. The SMILES string of the molecule is COCC1(CNc2cccc(C)c2[N+](=O)[O-])CCCN1. The van der Waals surface area contributed by atoms with Gasteiger partial charge in [-0.05, 0) is 32.4 Å². The second-order valence-electron chi connectivity index (χ2n) is 5.33. The van der Waals surface area contributed by atoms with Gasteiger partial charge in [-0.2, -0.15) is 0 Å². The number of ether oxygens (including phenoxy) is 1. The number of nitro groups is 1. The van der Waals surface area contributed by atoms with E-state index in [4.69, 9.17) is 4.74 Å². The smallest absolute Gasteiger partial charge is 0.295 e. The fourth-order valence-corrected chi connectivity index (χ4v) is 2.78. The summed E-state index contributed by atoms with van der Waals surface area (Å²) in [5.74, 6) is 0. The molecule has 0 aliphatic carbocycles. The Morgan fingerprint density at radius 1 is 1.55 bits per heavy atom. The van der Waals surface area contributed by atoms with E-state index in [1.807, 2.05) is 6.07 Å². The molecule has 1 unspecified atom stereocenters. The van der Waals surface area contributed by atoms with Crippen molar-refractivity contribution in [2.45, 2.75) is 25.3 Å². The van der Waals surface area contributed by atoms with Crippen LogP contribution in [0.1, 0.15) is 18.4 Å². The molecule has 20 heavy (non-hydrogen) atoms. The predicted molar refractivity (Wildman–Crippen MR) is 78.2 cm³/mol. The summed E-state index contributed by atoms with van der Waals surface area (Å²) in [5, 5.41) is 17.8. The molecule has 6 heteroatoms. The molecule has 0 aromatic heterocycles. The minimum Gasteiger partial charge on any atom is -0.383 e. The number of hydrogen-bond acceptors (Lipinski definition) is 5. The molecule has 1 aromatic rings. The van der Waals surface area contributed by atoms with Crippen LogP contribution >= 0.6 is 0 Å². The molecule has 1 atom stereocenters. The van der Waals surface area contributed by atoms with E-state index in [-0.39, 0.29) is 16.1 Å². The molecule has 0 bridgehead atoms. The van der Waals surface area contributed by atoms with Crippen LogP contribution in [0.5, 0.6) is 0 Å². The first-order valence-corrected chi connectivity index (χ1v) is 6.80. The fraction of sp³-hybridized carbons (Fsp3) is 0.571. The quantitative estimate of drug-likeness (QED) is 0.616. The van der Waals surface area contributed by atoms with Crippen molar-refractivity contribution in [1.29, 1.82) is 0 Å². The van der Waals surface area contributed by atoms with Crippen molar-refractivity contribution in [2.75, 3.05) is 32.1 Å². The predicted octanol–water partition coefficient (Wildman–Crippen LogP) is 2.08. The zero-order valence-electron chi connectivity index (χ0n) is 11.9. The van der Waals surface area contributed by atoms with Gasteiger partial charge in [-0.15, -0.1) is 0 Å². The monoisotopic (exact) mass is 279 g/mol. The Morgan fingerprint density at radius 3 is 2.95 bits per heavy atom. The normalized spacial score (nSPS) is 21.9. The summed E-state index contributed by atoms with van der Waals surface area (Å²) in [6.07, 6.45) is 2.11. The second kappa shape index (κ2) is 6.19. The second-order valence-corrected chi connectivity index (χ2v) is 5.33. The lowest BCUT2D eigenvalue weighted by molar-refractivity contribution is -0.384. The highest BCUT2D eigenvalue weighted by Crippen LogP contribution is 2.29. The highest BCUT2D eigenvalue weighted by molar-refractivity contribution is 5.65. The molecule has 0 spiro atoms. The molecule has 1 aromatic carbocycles. The zero-order valence-corrected chi connectivity index (χ0v) is 11.9. The van der Waals surface area contributed by atoms with Crippen LogP contribution in [0, 0.1) is 17.0 Å². The minimum atomic E-state index is -0.331. The molecule has 1 fully saturated rings. The first kappa shape index (κ1) is 14.7. The number of hydrogen-bond donors (Lipinski definition) is 2. The van der Waals surface area contributed by atoms with Crippen LogP contribution in [0.4, 0.5) is 11.4 Å². The third-order valence-electron chi connectivity index (χ3n) is 3.79. The Morgan fingerprint density at radius 2 is 2.35 bits per heavy atom. The van der Waals surface area contributed by atoms with Gasteiger partial charge in [0, 0.05) is 19.2 Å². The van der Waals surface area contributed by atoms with Gasteiger partial charge in [0.05, 0.1) is 17.1 Å². The van der Waals surface area contributed by atoms with Crippen LogP contribution in [0.2, 0.25) is 0 Å². The summed E-state index contributed by atoms with van der Waals surface area (Å²) in [4.78, 5) is 10.8. The molecule has 6 nitrogen and oxygen atoms in total. The maximum atomic E-state index is 11.2. The first-order valence-electron chi connectivity index (χ1n) is 6.80. The molecule has 1 saturated heterocycles.